The summed E-state index contributed by atoms with van der Waals surface area (Å²) in [5, 5.41) is 43.4. The van der Waals surface area contributed by atoms with Gasteiger partial charge in [-0.3, -0.25) is 9.59 Å². The number of amides is 2. The first-order chi connectivity index (χ1) is 18.9. The van der Waals surface area contributed by atoms with E-state index < -0.39 is 57.9 Å². The maximum atomic E-state index is 12.7. The number of carbonyl (C=O) groups is 6. The summed E-state index contributed by atoms with van der Waals surface area (Å²) in [5.74, 6) is -7.15. The summed E-state index contributed by atoms with van der Waals surface area (Å²) in [4.78, 5) is 70.6. The molecule has 0 aliphatic heterocycles. The van der Waals surface area contributed by atoms with Gasteiger partial charge >= 0.3 is 23.9 Å². The van der Waals surface area contributed by atoms with Gasteiger partial charge in [0.15, 0.2) is 0 Å². The number of rotatable bonds is 8. The molecule has 0 saturated heterocycles. The predicted octanol–water partition coefficient (Wildman–Crippen LogP) is 4.14. The van der Waals surface area contributed by atoms with Gasteiger partial charge in [0.25, 0.3) is 11.8 Å². The van der Waals surface area contributed by atoms with Crippen LogP contribution in [0.5, 0.6) is 0 Å². The van der Waals surface area contributed by atoms with Gasteiger partial charge in [0.05, 0.1) is 22.3 Å². The zero-order valence-electron chi connectivity index (χ0n) is 20.2. The molecule has 4 aromatic rings. The van der Waals surface area contributed by atoms with Crippen molar-refractivity contribution < 1.29 is 49.2 Å². The number of fused-ring (bicyclic) bond motifs is 1. The molecular weight excluding hydrogens is 524 g/mol. The van der Waals surface area contributed by atoms with Crippen LogP contribution >= 0.6 is 0 Å². The van der Waals surface area contributed by atoms with E-state index in [0.29, 0.717) is 22.1 Å². The van der Waals surface area contributed by atoms with Gasteiger partial charge in [-0.05, 0) is 71.4 Å². The average molecular weight is 542 g/mol. The van der Waals surface area contributed by atoms with Crippen molar-refractivity contribution in [2.45, 2.75) is 0 Å². The van der Waals surface area contributed by atoms with Crippen molar-refractivity contribution in [1.29, 1.82) is 0 Å². The summed E-state index contributed by atoms with van der Waals surface area (Å²) in [6.07, 6.45) is 0. The lowest BCUT2D eigenvalue weighted by Crippen LogP contribution is -2.15. The van der Waals surface area contributed by atoms with Gasteiger partial charge in [0, 0.05) is 22.5 Å². The van der Waals surface area contributed by atoms with Crippen LogP contribution in [0.3, 0.4) is 0 Å². The fourth-order valence-electron chi connectivity index (χ4n) is 3.91. The van der Waals surface area contributed by atoms with Crippen molar-refractivity contribution in [3.05, 3.63) is 106 Å². The first-order valence-corrected chi connectivity index (χ1v) is 11.3. The van der Waals surface area contributed by atoms with Crippen molar-refractivity contribution in [3.8, 4) is 0 Å². The third-order valence-corrected chi connectivity index (χ3v) is 5.84. The van der Waals surface area contributed by atoms with Gasteiger partial charge < -0.3 is 31.1 Å². The molecular formula is C28H18N2O10. The standard InChI is InChI=1S/C28H18N2O10/c31-23(15-3-7-19(25(33)34)21(11-15)27(37)38)29-17-5-1-13-9-18(6-2-14(13)10-17)30-24(32)16-4-8-20(26(35)36)22(12-16)28(39)40/h1-12H,(H,29,31)(H,30,32)(H,33,34)(H,35,36)(H,37,38)(H,39,40). The summed E-state index contributed by atoms with van der Waals surface area (Å²) in [5.41, 5.74) is -1.31. The van der Waals surface area contributed by atoms with Crippen LogP contribution in [-0.2, 0) is 0 Å². The molecule has 0 aliphatic carbocycles. The predicted molar refractivity (Wildman–Crippen MR) is 141 cm³/mol. The van der Waals surface area contributed by atoms with E-state index >= 15 is 0 Å². The van der Waals surface area contributed by atoms with E-state index in [2.05, 4.69) is 10.6 Å². The largest absolute Gasteiger partial charge is 0.478 e. The zero-order valence-corrected chi connectivity index (χ0v) is 20.2. The van der Waals surface area contributed by atoms with Crippen molar-refractivity contribution in [2.75, 3.05) is 10.6 Å². The third-order valence-electron chi connectivity index (χ3n) is 5.84. The normalized spacial score (nSPS) is 10.5. The van der Waals surface area contributed by atoms with E-state index in [1.807, 2.05) is 0 Å². The van der Waals surface area contributed by atoms with Crippen molar-refractivity contribution in [2.24, 2.45) is 0 Å². The Kier molecular flexibility index (Phi) is 7.26. The Labute approximate surface area is 224 Å². The Bertz CT molecular complexity index is 1630. The molecule has 12 heteroatoms. The Morgan fingerprint density at radius 2 is 0.775 bits per heavy atom. The molecule has 200 valence electrons. The Hall–Kier alpha value is -6.04. The Balaban J connectivity index is 1.52. The van der Waals surface area contributed by atoms with Crippen molar-refractivity contribution in [3.63, 3.8) is 0 Å². The summed E-state index contributed by atoms with van der Waals surface area (Å²) in [6, 6.07) is 16.2. The minimum absolute atomic E-state index is 0.0528. The second-order valence-electron chi connectivity index (χ2n) is 8.43. The van der Waals surface area contributed by atoms with E-state index in [-0.39, 0.29) is 11.1 Å². The number of aromatic carboxylic acids is 4. The van der Waals surface area contributed by atoms with Crippen LogP contribution in [0.15, 0.2) is 72.8 Å². The van der Waals surface area contributed by atoms with Gasteiger partial charge in [-0.2, -0.15) is 0 Å². The van der Waals surface area contributed by atoms with E-state index in [1.54, 1.807) is 36.4 Å². The van der Waals surface area contributed by atoms with E-state index in [1.165, 1.54) is 12.1 Å². The molecule has 4 aromatic carbocycles. The molecule has 40 heavy (non-hydrogen) atoms. The smallest absolute Gasteiger partial charge is 0.336 e. The average Bonchev–Trinajstić information content (AvgIpc) is 2.92. The highest BCUT2D eigenvalue weighted by molar-refractivity contribution is 6.10. The summed E-state index contributed by atoms with van der Waals surface area (Å²) < 4.78 is 0. The lowest BCUT2D eigenvalue weighted by Gasteiger charge is -2.10. The maximum Gasteiger partial charge on any atom is 0.336 e. The molecule has 0 radical (unpaired) electrons. The van der Waals surface area contributed by atoms with Crippen LogP contribution in [0.2, 0.25) is 0 Å². The van der Waals surface area contributed by atoms with Crippen LogP contribution in [0, 0.1) is 0 Å². The molecule has 0 unspecified atom stereocenters. The van der Waals surface area contributed by atoms with Gasteiger partial charge in [-0.15, -0.1) is 0 Å². The van der Waals surface area contributed by atoms with Crippen LogP contribution in [0.1, 0.15) is 62.1 Å². The molecule has 4 rings (SSSR count). The molecule has 2 amide bonds. The third kappa shape index (κ3) is 5.60. The van der Waals surface area contributed by atoms with Gasteiger partial charge in [0.1, 0.15) is 0 Å². The second kappa shape index (κ2) is 10.8. The fraction of sp³-hybridized carbons (Fsp3) is 0. The minimum Gasteiger partial charge on any atom is -0.478 e. The van der Waals surface area contributed by atoms with Gasteiger partial charge in [0.2, 0.25) is 0 Å². The zero-order chi connectivity index (χ0) is 29.1. The monoisotopic (exact) mass is 542 g/mol. The van der Waals surface area contributed by atoms with Crippen LogP contribution in [-0.4, -0.2) is 56.1 Å². The first-order valence-electron chi connectivity index (χ1n) is 11.3. The minimum atomic E-state index is -1.49. The highest BCUT2D eigenvalue weighted by Gasteiger charge is 2.20. The number of carboxylic acid groups (broad SMARTS) is 4. The molecule has 0 saturated carbocycles. The summed E-state index contributed by atoms with van der Waals surface area (Å²) in [6.45, 7) is 0. The Morgan fingerprint density at radius 1 is 0.425 bits per heavy atom. The highest BCUT2D eigenvalue weighted by Crippen LogP contribution is 2.24. The quantitative estimate of drug-likeness (QED) is 0.187. The van der Waals surface area contributed by atoms with E-state index in [0.717, 1.165) is 24.3 Å². The van der Waals surface area contributed by atoms with Crippen LogP contribution < -0.4 is 10.6 Å². The highest BCUT2D eigenvalue weighted by atomic mass is 16.4. The van der Waals surface area contributed by atoms with Gasteiger partial charge in [-0.1, -0.05) is 12.1 Å². The fourth-order valence-corrected chi connectivity index (χ4v) is 3.91. The SMILES string of the molecule is O=C(Nc1ccc2cc(NC(=O)c3ccc(C(=O)O)c(C(=O)O)c3)ccc2c1)c1ccc(C(=O)O)c(C(=O)O)c1. The maximum absolute atomic E-state index is 12.7. The number of carboxylic acids is 4. The van der Waals surface area contributed by atoms with Gasteiger partial charge in [-0.25, -0.2) is 19.2 Å². The van der Waals surface area contributed by atoms with Crippen molar-refractivity contribution in [1.82, 2.24) is 0 Å². The number of benzene rings is 4. The molecule has 0 bridgehead atoms. The lowest BCUT2D eigenvalue weighted by molar-refractivity contribution is 0.0651. The lowest BCUT2D eigenvalue weighted by atomic mass is 10.0. The number of carbonyl (C=O) groups excluding carboxylic acids is 2. The second-order valence-corrected chi connectivity index (χ2v) is 8.43. The van der Waals surface area contributed by atoms with Crippen molar-refractivity contribution >= 4 is 57.8 Å². The number of hydrogen-bond acceptors (Lipinski definition) is 6. The van der Waals surface area contributed by atoms with Crippen LogP contribution in [0.4, 0.5) is 11.4 Å². The van der Waals surface area contributed by atoms with Crippen LogP contribution in [0.25, 0.3) is 10.8 Å². The number of anilines is 2. The molecule has 0 heterocycles. The molecule has 0 atom stereocenters. The molecule has 6 N–H and O–H groups in total. The topological polar surface area (TPSA) is 207 Å². The molecule has 12 nitrogen and oxygen atoms in total. The number of nitrogens with one attached hydrogen (secondary N) is 2. The summed E-state index contributed by atoms with van der Waals surface area (Å²) >= 11 is 0. The van der Waals surface area contributed by atoms with E-state index in [9.17, 15) is 39.0 Å². The molecule has 0 aromatic heterocycles. The molecule has 0 fully saturated rings. The Morgan fingerprint density at radius 3 is 1.10 bits per heavy atom. The molecule has 0 aliphatic rings. The summed E-state index contributed by atoms with van der Waals surface area (Å²) in [7, 11) is 0. The first kappa shape index (κ1) is 27.0. The molecule has 0 spiro atoms. The van der Waals surface area contributed by atoms with E-state index in [4.69, 9.17) is 10.2 Å². The number of hydrogen-bond donors (Lipinski definition) is 6.